The fourth-order valence-corrected chi connectivity index (χ4v) is 3.20. The highest BCUT2D eigenvalue weighted by atomic mass is 32.2. The molecular weight excluding hydrogens is 322 g/mol. The van der Waals surface area contributed by atoms with Crippen LogP contribution < -0.4 is 4.72 Å². The molecule has 0 unspecified atom stereocenters. The van der Waals surface area contributed by atoms with E-state index in [9.17, 15) is 16.8 Å². The third kappa shape index (κ3) is 4.71. The van der Waals surface area contributed by atoms with Gasteiger partial charge in [-0.2, -0.15) is 0 Å². The van der Waals surface area contributed by atoms with Crippen LogP contribution in [0.4, 0.5) is 5.69 Å². The molecule has 0 aliphatic heterocycles. The molecule has 1 N–H and O–H groups in total. The molecule has 5 nitrogen and oxygen atoms in total. The van der Waals surface area contributed by atoms with Crippen LogP contribution in [0.1, 0.15) is 5.56 Å². The van der Waals surface area contributed by atoms with Crippen molar-refractivity contribution >= 4 is 31.6 Å². The Bertz CT molecular complexity index is 869. The Kier molecular flexibility index (Phi) is 4.68. The van der Waals surface area contributed by atoms with Gasteiger partial charge in [0, 0.05) is 11.9 Å². The molecule has 0 amide bonds. The number of anilines is 1. The molecule has 2 aromatic carbocycles. The Labute approximate surface area is 130 Å². The largest absolute Gasteiger partial charge is 0.280 e. The zero-order valence-corrected chi connectivity index (χ0v) is 13.4. The Morgan fingerprint density at radius 2 is 1.45 bits per heavy atom. The second-order valence-corrected chi connectivity index (χ2v) is 8.24. The van der Waals surface area contributed by atoms with Crippen LogP contribution in [0.5, 0.6) is 0 Å². The average Bonchev–Trinajstić information content (AvgIpc) is 2.46. The van der Waals surface area contributed by atoms with Crippen LogP contribution in [0, 0.1) is 0 Å². The minimum Gasteiger partial charge on any atom is -0.280 e. The number of hydrogen-bond acceptors (Lipinski definition) is 4. The van der Waals surface area contributed by atoms with E-state index in [-0.39, 0.29) is 4.90 Å². The molecule has 0 radical (unpaired) electrons. The monoisotopic (exact) mass is 337 g/mol. The van der Waals surface area contributed by atoms with Crippen molar-refractivity contribution < 1.29 is 16.8 Å². The zero-order chi connectivity index (χ0) is 16.2. The number of sulfone groups is 1. The molecule has 2 rings (SSSR count). The van der Waals surface area contributed by atoms with E-state index in [1.54, 1.807) is 12.1 Å². The lowest BCUT2D eigenvalue weighted by Crippen LogP contribution is -2.09. The van der Waals surface area contributed by atoms with Gasteiger partial charge >= 0.3 is 0 Å². The van der Waals surface area contributed by atoms with Gasteiger partial charge in [0.05, 0.1) is 10.3 Å². The minimum absolute atomic E-state index is 0.135. The number of rotatable bonds is 5. The van der Waals surface area contributed by atoms with Gasteiger partial charge in [-0.15, -0.1) is 0 Å². The second kappa shape index (κ2) is 6.33. The summed E-state index contributed by atoms with van der Waals surface area (Å²) >= 11 is 0. The van der Waals surface area contributed by atoms with Crippen molar-refractivity contribution in [2.75, 3.05) is 11.0 Å². The summed E-state index contributed by atoms with van der Waals surface area (Å²) in [5.74, 6) is 0. The first-order valence-electron chi connectivity index (χ1n) is 6.32. The molecule has 0 aliphatic carbocycles. The highest BCUT2D eigenvalue weighted by molar-refractivity contribution is 7.95. The maximum absolute atomic E-state index is 11.9. The van der Waals surface area contributed by atoms with Crippen LogP contribution in [-0.2, 0) is 19.9 Å². The molecule has 22 heavy (non-hydrogen) atoms. The predicted octanol–water partition coefficient (Wildman–Crippen LogP) is 2.50. The van der Waals surface area contributed by atoms with E-state index < -0.39 is 19.9 Å². The Hall–Kier alpha value is -2.12. The fraction of sp³-hybridized carbons (Fsp3) is 0.0667. The van der Waals surface area contributed by atoms with Gasteiger partial charge in [-0.25, -0.2) is 16.8 Å². The average molecular weight is 337 g/mol. The molecule has 0 aromatic heterocycles. The van der Waals surface area contributed by atoms with Crippen LogP contribution >= 0.6 is 0 Å². The van der Waals surface area contributed by atoms with Gasteiger partial charge < -0.3 is 0 Å². The van der Waals surface area contributed by atoms with Gasteiger partial charge in [0.1, 0.15) is 0 Å². The number of benzene rings is 2. The van der Waals surface area contributed by atoms with E-state index in [0.717, 1.165) is 17.2 Å². The summed E-state index contributed by atoms with van der Waals surface area (Å²) in [6.07, 6.45) is 2.57. The van der Waals surface area contributed by atoms with Gasteiger partial charge in [0.2, 0.25) is 0 Å². The minimum atomic E-state index is -3.66. The Morgan fingerprint density at radius 1 is 0.864 bits per heavy atom. The molecule has 2 aromatic rings. The second-order valence-electron chi connectivity index (χ2n) is 4.66. The highest BCUT2D eigenvalue weighted by Crippen LogP contribution is 2.15. The van der Waals surface area contributed by atoms with E-state index in [1.807, 2.05) is 18.2 Å². The highest BCUT2D eigenvalue weighted by Gasteiger charge is 2.09. The van der Waals surface area contributed by atoms with Crippen LogP contribution in [0.2, 0.25) is 0 Å². The molecule has 116 valence electrons. The summed E-state index contributed by atoms with van der Waals surface area (Å²) in [6, 6.07) is 14.6. The first-order chi connectivity index (χ1) is 10.3. The molecule has 0 atom stereocenters. The van der Waals surface area contributed by atoms with Crippen LogP contribution in [0.15, 0.2) is 64.9 Å². The summed E-state index contributed by atoms with van der Waals surface area (Å²) in [6.45, 7) is 0. The number of sulfonamides is 1. The van der Waals surface area contributed by atoms with E-state index in [4.69, 9.17) is 0 Å². The van der Waals surface area contributed by atoms with Gasteiger partial charge in [-0.1, -0.05) is 30.3 Å². The maximum atomic E-state index is 11.9. The number of nitrogens with one attached hydrogen (secondary N) is 1. The molecule has 0 bridgehead atoms. The lowest BCUT2D eigenvalue weighted by atomic mass is 10.2. The van der Waals surface area contributed by atoms with Gasteiger partial charge in [0.25, 0.3) is 10.0 Å². The lowest BCUT2D eigenvalue weighted by molar-refractivity contribution is 0.601. The molecule has 0 fully saturated rings. The van der Waals surface area contributed by atoms with Crippen molar-refractivity contribution in [1.29, 1.82) is 0 Å². The Morgan fingerprint density at radius 3 is 2.00 bits per heavy atom. The van der Waals surface area contributed by atoms with Crippen molar-refractivity contribution in [3.8, 4) is 0 Å². The molecule has 0 aliphatic rings. The third-order valence-corrected chi connectivity index (χ3v) is 4.92. The van der Waals surface area contributed by atoms with Crippen LogP contribution in [0.3, 0.4) is 0 Å². The number of hydrogen-bond donors (Lipinski definition) is 1. The molecule has 0 heterocycles. The molecule has 7 heteroatoms. The van der Waals surface area contributed by atoms with E-state index in [1.165, 1.54) is 30.3 Å². The molecular formula is C15H15NO4S2. The first kappa shape index (κ1) is 16.3. The SMILES string of the molecule is CS(=O)(=O)c1ccc(NS(=O)(=O)/C=C/c2ccccc2)cc1. The van der Waals surface area contributed by atoms with E-state index in [0.29, 0.717) is 5.69 Å². The molecule has 0 saturated heterocycles. The zero-order valence-electron chi connectivity index (χ0n) is 11.8. The van der Waals surface area contributed by atoms with E-state index >= 15 is 0 Å². The van der Waals surface area contributed by atoms with Crippen molar-refractivity contribution in [2.45, 2.75) is 4.90 Å². The van der Waals surface area contributed by atoms with Crippen molar-refractivity contribution in [3.05, 3.63) is 65.6 Å². The van der Waals surface area contributed by atoms with Gasteiger partial charge in [0.15, 0.2) is 9.84 Å². The smallest absolute Gasteiger partial charge is 0.255 e. The van der Waals surface area contributed by atoms with Gasteiger partial charge in [-0.3, -0.25) is 4.72 Å². The standard InChI is InChI=1S/C15H15NO4S2/c1-21(17,18)15-9-7-14(8-10-15)16-22(19,20)12-11-13-5-3-2-4-6-13/h2-12,16H,1H3/b12-11+. The van der Waals surface area contributed by atoms with Crippen LogP contribution in [-0.4, -0.2) is 23.1 Å². The first-order valence-corrected chi connectivity index (χ1v) is 9.76. The summed E-state index contributed by atoms with van der Waals surface area (Å²) in [5.41, 5.74) is 1.06. The van der Waals surface area contributed by atoms with Gasteiger partial charge in [-0.05, 0) is 35.9 Å². The normalized spacial score (nSPS) is 12.4. The Balaban J connectivity index is 2.14. The quantitative estimate of drug-likeness (QED) is 0.909. The van der Waals surface area contributed by atoms with Crippen molar-refractivity contribution in [3.63, 3.8) is 0 Å². The summed E-state index contributed by atoms with van der Waals surface area (Å²) in [4.78, 5) is 0.135. The molecule has 0 spiro atoms. The third-order valence-electron chi connectivity index (χ3n) is 2.78. The van der Waals surface area contributed by atoms with E-state index in [2.05, 4.69) is 4.72 Å². The maximum Gasteiger partial charge on any atom is 0.255 e. The lowest BCUT2D eigenvalue weighted by Gasteiger charge is -2.05. The topological polar surface area (TPSA) is 80.3 Å². The summed E-state index contributed by atoms with van der Waals surface area (Å²) in [7, 11) is -6.96. The van der Waals surface area contributed by atoms with Crippen LogP contribution in [0.25, 0.3) is 6.08 Å². The van der Waals surface area contributed by atoms with Crippen molar-refractivity contribution in [1.82, 2.24) is 0 Å². The summed E-state index contributed by atoms with van der Waals surface area (Å²) in [5, 5.41) is 1.06. The fourth-order valence-electron chi connectivity index (χ4n) is 1.70. The predicted molar refractivity (Wildman–Crippen MR) is 87.6 cm³/mol. The summed E-state index contributed by atoms with van der Waals surface area (Å²) < 4.78 is 48.9. The van der Waals surface area contributed by atoms with Crippen molar-refractivity contribution in [2.24, 2.45) is 0 Å². The molecule has 0 saturated carbocycles.